The molecule has 1 aromatic rings. The van der Waals surface area contributed by atoms with E-state index in [1.165, 1.54) is 40.0 Å². The predicted molar refractivity (Wildman–Crippen MR) is 61.4 cm³/mol. The lowest BCUT2D eigenvalue weighted by atomic mass is 10.0. The van der Waals surface area contributed by atoms with Gasteiger partial charge in [-0.15, -0.1) is 11.3 Å². The number of hydrogen-bond donors (Lipinski definition) is 1. The molecule has 13 heavy (non-hydrogen) atoms. The van der Waals surface area contributed by atoms with Crippen molar-refractivity contribution in [2.75, 3.05) is 6.54 Å². The highest BCUT2D eigenvalue weighted by molar-refractivity contribution is 9.11. The zero-order valence-corrected chi connectivity index (χ0v) is 10.2. The Balaban J connectivity index is 2.14. The molecule has 0 saturated carbocycles. The fourth-order valence-electron chi connectivity index (χ4n) is 1.75. The van der Waals surface area contributed by atoms with E-state index in [0.717, 1.165) is 0 Å². The summed E-state index contributed by atoms with van der Waals surface area (Å²) in [5, 5.41) is 3.57. The minimum Gasteiger partial charge on any atom is -0.309 e. The van der Waals surface area contributed by atoms with Crippen LogP contribution in [-0.4, -0.2) is 6.54 Å². The maximum atomic E-state index is 3.57. The van der Waals surface area contributed by atoms with Crippen LogP contribution in [0.25, 0.3) is 0 Å². The van der Waals surface area contributed by atoms with Crippen LogP contribution in [0.15, 0.2) is 9.85 Å². The number of rotatable bonds is 1. The fraction of sp³-hybridized carbons (Fsp3) is 0.600. The summed E-state index contributed by atoms with van der Waals surface area (Å²) in [6.07, 6.45) is 4.00. The Bertz CT molecular complexity index is 270. The molecular weight excluding hydrogens is 246 g/mol. The molecule has 1 N–H and O–H groups in total. The van der Waals surface area contributed by atoms with E-state index in [9.17, 15) is 0 Å². The van der Waals surface area contributed by atoms with E-state index in [-0.39, 0.29) is 0 Å². The van der Waals surface area contributed by atoms with Crippen molar-refractivity contribution in [3.63, 3.8) is 0 Å². The van der Waals surface area contributed by atoms with Crippen molar-refractivity contribution < 1.29 is 0 Å². The van der Waals surface area contributed by atoms with Gasteiger partial charge in [-0.2, -0.15) is 0 Å². The van der Waals surface area contributed by atoms with Crippen molar-refractivity contribution in [3.05, 3.63) is 20.3 Å². The summed E-state index contributed by atoms with van der Waals surface area (Å²) in [5.41, 5.74) is 1.37. The van der Waals surface area contributed by atoms with Gasteiger partial charge < -0.3 is 5.32 Å². The molecule has 0 aromatic carbocycles. The number of thiophene rings is 1. The van der Waals surface area contributed by atoms with Crippen LogP contribution in [0.2, 0.25) is 0 Å². The molecule has 0 unspecified atom stereocenters. The Hall–Kier alpha value is 0.140. The summed E-state index contributed by atoms with van der Waals surface area (Å²) in [7, 11) is 0. The van der Waals surface area contributed by atoms with Crippen molar-refractivity contribution in [2.45, 2.75) is 32.2 Å². The second-order valence-corrected chi connectivity index (χ2v) is 6.01. The Morgan fingerprint density at radius 3 is 2.92 bits per heavy atom. The molecule has 2 heterocycles. The van der Waals surface area contributed by atoms with E-state index in [0.29, 0.717) is 6.04 Å². The molecule has 0 aliphatic carbocycles. The molecule has 1 fully saturated rings. The highest BCUT2D eigenvalue weighted by Gasteiger charge is 2.17. The third kappa shape index (κ3) is 2.14. The number of piperidine rings is 1. The van der Waals surface area contributed by atoms with Gasteiger partial charge in [0.05, 0.1) is 3.79 Å². The van der Waals surface area contributed by atoms with Gasteiger partial charge in [-0.1, -0.05) is 6.42 Å². The van der Waals surface area contributed by atoms with Crippen molar-refractivity contribution in [2.24, 2.45) is 0 Å². The van der Waals surface area contributed by atoms with Gasteiger partial charge in [-0.05, 0) is 53.9 Å². The van der Waals surface area contributed by atoms with Gasteiger partial charge in [0, 0.05) is 10.9 Å². The summed E-state index contributed by atoms with van der Waals surface area (Å²) >= 11 is 5.45. The minimum atomic E-state index is 0.615. The quantitative estimate of drug-likeness (QED) is 0.813. The van der Waals surface area contributed by atoms with E-state index < -0.39 is 0 Å². The molecular formula is C10H14BrNS. The van der Waals surface area contributed by atoms with Gasteiger partial charge in [-0.25, -0.2) is 0 Å². The molecule has 1 saturated heterocycles. The number of halogens is 1. The molecule has 0 bridgehead atoms. The zero-order valence-electron chi connectivity index (χ0n) is 7.77. The third-order valence-corrected chi connectivity index (χ3v) is 4.78. The van der Waals surface area contributed by atoms with Gasteiger partial charge in [0.1, 0.15) is 0 Å². The summed E-state index contributed by atoms with van der Waals surface area (Å²) in [6.45, 7) is 3.34. The van der Waals surface area contributed by atoms with Crippen LogP contribution >= 0.6 is 27.3 Å². The molecule has 3 heteroatoms. The summed E-state index contributed by atoms with van der Waals surface area (Å²) in [6, 6.07) is 2.92. The average molecular weight is 260 g/mol. The summed E-state index contributed by atoms with van der Waals surface area (Å²) in [4.78, 5) is 1.49. The van der Waals surface area contributed by atoms with Gasteiger partial charge in [0.25, 0.3) is 0 Å². The molecule has 1 atom stereocenters. The molecule has 0 amide bonds. The van der Waals surface area contributed by atoms with Gasteiger partial charge in [-0.3, -0.25) is 0 Å². The molecule has 1 aliphatic rings. The van der Waals surface area contributed by atoms with E-state index >= 15 is 0 Å². The second kappa shape index (κ2) is 4.11. The predicted octanol–water partition coefficient (Wildman–Crippen LogP) is 3.63. The second-order valence-electron chi connectivity index (χ2n) is 3.61. The normalized spacial score (nSPS) is 23.4. The standard InChI is InChI=1S/C10H14BrNS/c1-7-6-9(13-10(7)11)8-4-2-3-5-12-8/h6,8,12H,2-5H2,1H3/t8-/m1/s1. The van der Waals surface area contributed by atoms with Gasteiger partial charge in [0.15, 0.2) is 0 Å². The third-order valence-electron chi connectivity index (χ3n) is 2.53. The lowest BCUT2D eigenvalue weighted by Crippen LogP contribution is -2.25. The van der Waals surface area contributed by atoms with Crippen LogP contribution in [0, 0.1) is 6.92 Å². The first-order valence-corrected chi connectivity index (χ1v) is 6.37. The molecule has 72 valence electrons. The lowest BCUT2D eigenvalue weighted by Gasteiger charge is -2.22. The van der Waals surface area contributed by atoms with Crippen molar-refractivity contribution in [1.82, 2.24) is 5.32 Å². The first kappa shape index (κ1) is 9.69. The Labute approximate surface area is 91.7 Å². The van der Waals surface area contributed by atoms with Gasteiger partial charge >= 0.3 is 0 Å². The smallest absolute Gasteiger partial charge is 0.0731 e. The van der Waals surface area contributed by atoms with E-state index in [1.807, 2.05) is 11.3 Å². The number of hydrogen-bond acceptors (Lipinski definition) is 2. The summed E-state index contributed by atoms with van der Waals surface area (Å²) in [5.74, 6) is 0. The first-order chi connectivity index (χ1) is 6.27. The van der Waals surface area contributed by atoms with Crippen LogP contribution in [0.3, 0.4) is 0 Å². The molecule has 0 radical (unpaired) electrons. The minimum absolute atomic E-state index is 0.615. The Kier molecular flexibility index (Phi) is 3.06. The average Bonchev–Trinajstić information content (AvgIpc) is 2.49. The van der Waals surface area contributed by atoms with E-state index in [2.05, 4.69) is 34.2 Å². The van der Waals surface area contributed by atoms with Gasteiger partial charge in [0.2, 0.25) is 0 Å². The largest absolute Gasteiger partial charge is 0.309 e. The van der Waals surface area contributed by atoms with Crippen LogP contribution < -0.4 is 5.32 Å². The SMILES string of the molecule is Cc1cc([C@H]2CCCCN2)sc1Br. The van der Waals surface area contributed by atoms with Crippen LogP contribution in [-0.2, 0) is 0 Å². The summed E-state index contributed by atoms with van der Waals surface area (Å²) < 4.78 is 1.29. The first-order valence-electron chi connectivity index (χ1n) is 4.76. The van der Waals surface area contributed by atoms with Crippen LogP contribution in [0.5, 0.6) is 0 Å². The monoisotopic (exact) mass is 259 g/mol. The molecule has 0 spiro atoms. The van der Waals surface area contributed by atoms with E-state index in [1.54, 1.807) is 0 Å². The highest BCUT2D eigenvalue weighted by atomic mass is 79.9. The van der Waals surface area contributed by atoms with Crippen LogP contribution in [0.1, 0.15) is 35.7 Å². The molecule has 2 rings (SSSR count). The molecule has 1 nitrogen and oxygen atoms in total. The Morgan fingerprint density at radius 2 is 2.38 bits per heavy atom. The Morgan fingerprint density at radius 1 is 1.54 bits per heavy atom. The van der Waals surface area contributed by atoms with Crippen molar-refractivity contribution >= 4 is 27.3 Å². The van der Waals surface area contributed by atoms with Crippen LogP contribution in [0.4, 0.5) is 0 Å². The van der Waals surface area contributed by atoms with Crippen molar-refractivity contribution in [1.29, 1.82) is 0 Å². The van der Waals surface area contributed by atoms with Crippen molar-refractivity contribution in [3.8, 4) is 0 Å². The number of aryl methyl sites for hydroxylation is 1. The highest BCUT2D eigenvalue weighted by Crippen LogP contribution is 2.34. The molecule has 1 aliphatic heterocycles. The lowest BCUT2D eigenvalue weighted by molar-refractivity contribution is 0.417. The zero-order chi connectivity index (χ0) is 9.26. The maximum Gasteiger partial charge on any atom is 0.0731 e. The van der Waals surface area contributed by atoms with E-state index in [4.69, 9.17) is 0 Å². The topological polar surface area (TPSA) is 12.0 Å². The maximum absolute atomic E-state index is 3.57. The molecule has 1 aromatic heterocycles. The number of nitrogens with one attached hydrogen (secondary N) is 1. The fourth-order valence-corrected chi connectivity index (χ4v) is 3.43.